The van der Waals surface area contributed by atoms with Crippen LogP contribution in [0.5, 0.6) is 0 Å². The average molecular weight is 314 g/mol. The minimum Gasteiger partial charge on any atom is -0.394 e. The Kier molecular flexibility index (Phi) is 4.24. The summed E-state index contributed by atoms with van der Waals surface area (Å²) in [7, 11) is -3.98. The molecule has 0 saturated heterocycles. The van der Waals surface area contributed by atoms with Crippen LogP contribution in [0.2, 0.25) is 0 Å². The number of aliphatic hydroxyl groups is 1. The molecule has 114 valence electrons. The maximum atomic E-state index is 13.5. The molecule has 0 atom stereocenters. The molecule has 0 aliphatic carbocycles. The molecule has 0 fully saturated rings. The lowest BCUT2D eigenvalue weighted by Crippen LogP contribution is -2.16. The monoisotopic (exact) mass is 314 g/mol. The van der Waals surface area contributed by atoms with Crippen LogP contribution in [0.3, 0.4) is 0 Å². The van der Waals surface area contributed by atoms with E-state index in [4.69, 9.17) is 5.11 Å². The largest absolute Gasteiger partial charge is 0.394 e. The molecule has 0 aliphatic rings. The van der Waals surface area contributed by atoms with Crippen molar-refractivity contribution < 1.29 is 17.9 Å². The summed E-state index contributed by atoms with van der Waals surface area (Å²) in [6, 6.07) is 1.23. The molecular formula is C12H15FN4O3S. The third-order valence-electron chi connectivity index (χ3n) is 2.91. The number of rotatable bonds is 5. The number of aryl methyl sites for hydroxylation is 1. The first kappa shape index (κ1) is 15.4. The Labute approximate surface area is 121 Å². The molecule has 0 saturated carbocycles. The van der Waals surface area contributed by atoms with E-state index in [1.807, 2.05) is 0 Å². The van der Waals surface area contributed by atoms with Crippen molar-refractivity contribution in [2.75, 3.05) is 11.3 Å². The van der Waals surface area contributed by atoms with E-state index >= 15 is 0 Å². The van der Waals surface area contributed by atoms with Crippen molar-refractivity contribution in [2.24, 2.45) is 0 Å². The fourth-order valence-electron chi connectivity index (χ4n) is 2.04. The van der Waals surface area contributed by atoms with Gasteiger partial charge >= 0.3 is 0 Å². The minimum absolute atomic E-state index is 0.0211. The van der Waals surface area contributed by atoms with Crippen molar-refractivity contribution >= 4 is 15.7 Å². The highest BCUT2D eigenvalue weighted by Crippen LogP contribution is 2.23. The Bertz CT molecular complexity index is 758. The number of hydrogen-bond donors (Lipinski definition) is 2. The topological polar surface area (TPSA) is 97.1 Å². The van der Waals surface area contributed by atoms with Gasteiger partial charge in [0.1, 0.15) is 4.90 Å². The molecule has 0 aliphatic heterocycles. The standard InChI is InChI=1S/C12H15FN4O3S/c1-8-12(9(2)17(15-8)5-6-18)21(19,20)16-11-3-4-14-7-10(11)13/h3-4,7,18H,5-6H2,1-2H3,(H,14,16). The van der Waals surface area contributed by atoms with E-state index < -0.39 is 15.8 Å². The Morgan fingerprint density at radius 1 is 1.43 bits per heavy atom. The van der Waals surface area contributed by atoms with Crippen LogP contribution in [0.4, 0.5) is 10.1 Å². The first-order valence-electron chi connectivity index (χ1n) is 6.14. The van der Waals surface area contributed by atoms with Crippen LogP contribution in [0.15, 0.2) is 23.4 Å². The number of hydrogen-bond acceptors (Lipinski definition) is 5. The molecule has 2 N–H and O–H groups in total. The number of sulfonamides is 1. The van der Waals surface area contributed by atoms with E-state index in [9.17, 15) is 12.8 Å². The molecule has 21 heavy (non-hydrogen) atoms. The molecular weight excluding hydrogens is 299 g/mol. The van der Waals surface area contributed by atoms with Crippen molar-refractivity contribution in [3.05, 3.63) is 35.7 Å². The smallest absolute Gasteiger partial charge is 0.265 e. The molecule has 0 radical (unpaired) electrons. The molecule has 0 amide bonds. The second kappa shape index (κ2) is 5.78. The van der Waals surface area contributed by atoms with Gasteiger partial charge in [-0.25, -0.2) is 12.8 Å². The lowest BCUT2D eigenvalue weighted by atomic mass is 10.4. The SMILES string of the molecule is Cc1nn(CCO)c(C)c1S(=O)(=O)Nc1ccncc1F. The van der Waals surface area contributed by atoms with Gasteiger partial charge in [0.15, 0.2) is 5.82 Å². The first-order valence-corrected chi connectivity index (χ1v) is 7.62. The molecule has 2 rings (SSSR count). The van der Waals surface area contributed by atoms with Crippen LogP contribution >= 0.6 is 0 Å². The molecule has 0 unspecified atom stereocenters. The summed E-state index contributed by atoms with van der Waals surface area (Å²) in [5, 5.41) is 13.0. The molecule has 9 heteroatoms. The van der Waals surface area contributed by atoms with E-state index in [0.717, 1.165) is 6.20 Å². The van der Waals surface area contributed by atoms with Crippen molar-refractivity contribution in [3.8, 4) is 0 Å². The number of nitrogens with zero attached hydrogens (tertiary/aromatic N) is 3. The normalized spacial score (nSPS) is 11.6. The van der Waals surface area contributed by atoms with E-state index in [0.29, 0.717) is 5.69 Å². The summed E-state index contributed by atoms with van der Waals surface area (Å²) in [6.07, 6.45) is 2.21. The number of anilines is 1. The maximum Gasteiger partial charge on any atom is 0.265 e. The van der Waals surface area contributed by atoms with Crippen LogP contribution in [-0.2, 0) is 16.6 Å². The Balaban J connectivity index is 2.43. The highest BCUT2D eigenvalue weighted by Gasteiger charge is 2.25. The molecule has 0 aromatic carbocycles. The number of aromatic nitrogens is 3. The number of nitrogens with one attached hydrogen (secondary N) is 1. The van der Waals surface area contributed by atoms with Gasteiger partial charge in [0.2, 0.25) is 0 Å². The van der Waals surface area contributed by atoms with Gasteiger partial charge in [-0.15, -0.1) is 0 Å². The quantitative estimate of drug-likeness (QED) is 0.852. The molecule has 2 aromatic rings. The zero-order chi connectivity index (χ0) is 15.6. The van der Waals surface area contributed by atoms with Crippen molar-refractivity contribution in [3.63, 3.8) is 0 Å². The van der Waals surface area contributed by atoms with Gasteiger partial charge in [0.05, 0.1) is 36.4 Å². The average Bonchev–Trinajstić information content (AvgIpc) is 2.68. The number of pyridine rings is 1. The van der Waals surface area contributed by atoms with Gasteiger partial charge in [0, 0.05) is 6.20 Å². The molecule has 2 heterocycles. The van der Waals surface area contributed by atoms with Gasteiger partial charge in [-0.05, 0) is 19.9 Å². The third-order valence-corrected chi connectivity index (χ3v) is 4.53. The highest BCUT2D eigenvalue weighted by atomic mass is 32.2. The Morgan fingerprint density at radius 2 is 2.14 bits per heavy atom. The highest BCUT2D eigenvalue weighted by molar-refractivity contribution is 7.92. The Hall–Kier alpha value is -2.00. The second-order valence-corrected chi connectivity index (χ2v) is 6.03. The molecule has 2 aromatic heterocycles. The third kappa shape index (κ3) is 3.03. The van der Waals surface area contributed by atoms with Gasteiger partial charge in [-0.1, -0.05) is 0 Å². The van der Waals surface area contributed by atoms with Crippen molar-refractivity contribution in [2.45, 2.75) is 25.3 Å². The van der Waals surface area contributed by atoms with Crippen molar-refractivity contribution in [1.29, 1.82) is 0 Å². The number of aliphatic hydroxyl groups excluding tert-OH is 1. The van der Waals surface area contributed by atoms with Gasteiger partial charge < -0.3 is 5.11 Å². The van der Waals surface area contributed by atoms with Crippen LogP contribution < -0.4 is 4.72 Å². The summed E-state index contributed by atoms with van der Waals surface area (Å²) < 4.78 is 41.9. The zero-order valence-electron chi connectivity index (χ0n) is 11.5. The maximum absolute atomic E-state index is 13.5. The summed E-state index contributed by atoms with van der Waals surface area (Å²) in [5.74, 6) is -0.765. The Morgan fingerprint density at radius 3 is 2.76 bits per heavy atom. The summed E-state index contributed by atoms with van der Waals surface area (Å²) in [5.41, 5.74) is 0.477. The van der Waals surface area contributed by atoms with E-state index in [-0.39, 0.29) is 29.4 Å². The van der Waals surface area contributed by atoms with Crippen molar-refractivity contribution in [1.82, 2.24) is 14.8 Å². The molecule has 0 spiro atoms. The summed E-state index contributed by atoms with van der Waals surface area (Å²) in [6.45, 7) is 3.14. The van der Waals surface area contributed by atoms with E-state index in [1.165, 1.54) is 16.9 Å². The summed E-state index contributed by atoms with van der Waals surface area (Å²) in [4.78, 5) is 3.54. The van der Waals surface area contributed by atoms with Gasteiger partial charge in [-0.3, -0.25) is 14.4 Å². The van der Waals surface area contributed by atoms with E-state index in [1.54, 1.807) is 13.8 Å². The fraction of sp³-hybridized carbons (Fsp3) is 0.333. The van der Waals surface area contributed by atoms with Gasteiger partial charge in [0.25, 0.3) is 10.0 Å². The van der Waals surface area contributed by atoms with Crippen LogP contribution in [-0.4, -0.2) is 34.9 Å². The lowest BCUT2D eigenvalue weighted by molar-refractivity contribution is 0.267. The van der Waals surface area contributed by atoms with E-state index in [2.05, 4.69) is 14.8 Å². The predicted molar refractivity (Wildman–Crippen MR) is 73.8 cm³/mol. The predicted octanol–water partition coefficient (Wildman–Crippen LogP) is 0.827. The fourth-order valence-corrected chi connectivity index (χ4v) is 3.52. The molecule has 0 bridgehead atoms. The van der Waals surface area contributed by atoms with Crippen LogP contribution in [0.1, 0.15) is 11.4 Å². The van der Waals surface area contributed by atoms with Gasteiger partial charge in [-0.2, -0.15) is 5.10 Å². The zero-order valence-corrected chi connectivity index (χ0v) is 12.4. The van der Waals surface area contributed by atoms with Crippen LogP contribution in [0, 0.1) is 19.7 Å². The minimum atomic E-state index is -3.98. The first-order chi connectivity index (χ1) is 9.86. The lowest BCUT2D eigenvalue weighted by Gasteiger charge is -2.09. The second-order valence-electron chi connectivity index (χ2n) is 4.41. The molecule has 7 nitrogen and oxygen atoms in total. The van der Waals surface area contributed by atoms with Crippen LogP contribution in [0.25, 0.3) is 0 Å². The summed E-state index contributed by atoms with van der Waals surface area (Å²) >= 11 is 0. The number of halogens is 1.